The Labute approximate surface area is 185 Å². The Morgan fingerprint density at radius 1 is 0.656 bits per heavy atom. The summed E-state index contributed by atoms with van der Waals surface area (Å²) in [5, 5.41) is 22.5. The highest BCUT2D eigenvalue weighted by atomic mass is 16.5. The van der Waals surface area contributed by atoms with Crippen molar-refractivity contribution in [3.05, 3.63) is 22.7 Å². The van der Waals surface area contributed by atoms with Gasteiger partial charge in [0.25, 0.3) is 0 Å². The van der Waals surface area contributed by atoms with Gasteiger partial charge in [0.1, 0.15) is 23.4 Å². The van der Waals surface area contributed by atoms with Crippen LogP contribution in [0.4, 0.5) is 0 Å². The van der Waals surface area contributed by atoms with Crippen LogP contribution in [-0.4, -0.2) is 62.5 Å². The fraction of sp³-hybridized carbons (Fsp3) is 0.636. The fourth-order valence-electron chi connectivity index (χ4n) is 6.25. The van der Waals surface area contributed by atoms with Gasteiger partial charge in [-0.3, -0.25) is 9.59 Å². The number of methoxy groups -OCH3 is 4. The molecule has 0 aromatic carbocycles. The van der Waals surface area contributed by atoms with Gasteiger partial charge in [-0.1, -0.05) is 25.7 Å². The lowest BCUT2D eigenvalue weighted by atomic mass is 9.51. The van der Waals surface area contributed by atoms with Crippen molar-refractivity contribution in [2.45, 2.75) is 38.5 Å². The number of esters is 4. The first-order valence-corrected chi connectivity index (χ1v) is 10.4. The first-order valence-electron chi connectivity index (χ1n) is 10.4. The Hall–Kier alpha value is -3.04. The van der Waals surface area contributed by atoms with E-state index in [1.807, 2.05) is 0 Å². The first kappa shape index (κ1) is 23.6. The van der Waals surface area contributed by atoms with Crippen molar-refractivity contribution in [1.29, 1.82) is 0 Å². The van der Waals surface area contributed by atoms with Gasteiger partial charge >= 0.3 is 23.9 Å². The molecule has 0 bridgehead atoms. The normalized spacial score (nSPS) is 31.8. The summed E-state index contributed by atoms with van der Waals surface area (Å²) in [4.78, 5) is 52.1. The van der Waals surface area contributed by atoms with Gasteiger partial charge < -0.3 is 29.2 Å². The molecule has 10 heteroatoms. The van der Waals surface area contributed by atoms with E-state index in [1.165, 1.54) is 0 Å². The lowest BCUT2D eigenvalue weighted by Gasteiger charge is -2.48. The van der Waals surface area contributed by atoms with Crippen LogP contribution in [0.2, 0.25) is 0 Å². The number of ether oxygens (including phenoxy) is 4. The van der Waals surface area contributed by atoms with Crippen molar-refractivity contribution < 1.29 is 48.3 Å². The summed E-state index contributed by atoms with van der Waals surface area (Å²) in [6.07, 6.45) is 2.71. The van der Waals surface area contributed by atoms with Crippen LogP contribution in [0.1, 0.15) is 38.5 Å². The molecule has 0 spiro atoms. The number of rotatable bonds is 4. The van der Waals surface area contributed by atoms with Gasteiger partial charge in [0.2, 0.25) is 0 Å². The van der Waals surface area contributed by atoms with Crippen molar-refractivity contribution in [3.8, 4) is 0 Å². The molecule has 3 rings (SSSR count). The second kappa shape index (κ2) is 8.48. The van der Waals surface area contributed by atoms with Crippen LogP contribution in [0.15, 0.2) is 22.7 Å². The molecule has 1 saturated carbocycles. The van der Waals surface area contributed by atoms with Crippen molar-refractivity contribution in [1.82, 2.24) is 0 Å². The smallest absolute Gasteiger partial charge is 0.337 e. The van der Waals surface area contributed by atoms with Crippen LogP contribution in [0, 0.1) is 22.7 Å². The van der Waals surface area contributed by atoms with Crippen LogP contribution in [0.3, 0.4) is 0 Å². The van der Waals surface area contributed by atoms with Crippen LogP contribution >= 0.6 is 0 Å². The SMILES string of the molecule is COC(=O)C1=C(O)[C@H](C(=O)OC)[C@@]23CCCCCC[C@@]12[C@H](C(=O)OC)C(O)=C3C(=O)OC. The van der Waals surface area contributed by atoms with E-state index in [2.05, 4.69) is 0 Å². The molecule has 0 radical (unpaired) electrons. The molecule has 3 aliphatic carbocycles. The quantitative estimate of drug-likeness (QED) is 0.479. The van der Waals surface area contributed by atoms with E-state index in [0.717, 1.165) is 41.3 Å². The molecule has 10 nitrogen and oxygen atoms in total. The topological polar surface area (TPSA) is 146 Å². The molecule has 0 aromatic rings. The van der Waals surface area contributed by atoms with E-state index in [-0.39, 0.29) is 24.0 Å². The van der Waals surface area contributed by atoms with E-state index in [4.69, 9.17) is 18.9 Å². The molecule has 0 saturated heterocycles. The molecule has 2 N–H and O–H groups in total. The number of carbonyl (C=O) groups excluding carboxylic acids is 4. The number of aliphatic hydroxyl groups is 2. The summed E-state index contributed by atoms with van der Waals surface area (Å²) in [5.41, 5.74) is -3.97. The molecule has 0 heterocycles. The summed E-state index contributed by atoms with van der Waals surface area (Å²) in [6.45, 7) is 0. The van der Waals surface area contributed by atoms with Gasteiger partial charge in [0.15, 0.2) is 0 Å². The van der Waals surface area contributed by atoms with Gasteiger partial charge in [0.05, 0.1) is 39.6 Å². The Balaban J connectivity index is 2.52. The molecule has 0 amide bonds. The van der Waals surface area contributed by atoms with Crippen molar-refractivity contribution in [2.75, 3.05) is 28.4 Å². The highest BCUT2D eigenvalue weighted by molar-refractivity contribution is 6.03. The third-order valence-electron chi connectivity index (χ3n) is 7.28. The maximum Gasteiger partial charge on any atom is 0.337 e. The first-order chi connectivity index (χ1) is 15.2. The summed E-state index contributed by atoms with van der Waals surface area (Å²) >= 11 is 0. The monoisotopic (exact) mass is 452 g/mol. The van der Waals surface area contributed by atoms with Crippen molar-refractivity contribution in [3.63, 3.8) is 0 Å². The molecular weight excluding hydrogens is 424 g/mol. The molecule has 0 unspecified atom stereocenters. The maximum atomic E-state index is 13.0. The minimum atomic E-state index is -1.66. The van der Waals surface area contributed by atoms with Crippen LogP contribution < -0.4 is 0 Å². The molecule has 1 fully saturated rings. The van der Waals surface area contributed by atoms with Crippen molar-refractivity contribution in [2.24, 2.45) is 22.7 Å². The third-order valence-corrected chi connectivity index (χ3v) is 7.28. The molecule has 3 aliphatic rings. The largest absolute Gasteiger partial charge is 0.511 e. The highest BCUT2D eigenvalue weighted by Gasteiger charge is 2.79. The standard InChI is InChI=1S/C22H28O10/c1-29-17(25)11-15(23)12(18(26)30-2)22-10-8-6-5-7-9-21(11,22)13(19(27)31-3)16(24)14(22)20(28)32-4/h11,14,23-24H,5-10H2,1-4H3/t11-,14+,21-,22+/m1/s1. The van der Waals surface area contributed by atoms with Crippen LogP contribution in [-0.2, 0) is 38.1 Å². The average molecular weight is 452 g/mol. The van der Waals surface area contributed by atoms with Gasteiger partial charge in [-0.2, -0.15) is 0 Å². The molecule has 176 valence electrons. The molecule has 0 aromatic heterocycles. The van der Waals surface area contributed by atoms with Gasteiger partial charge in [-0.25, -0.2) is 9.59 Å². The van der Waals surface area contributed by atoms with Crippen LogP contribution in [0.5, 0.6) is 0 Å². The van der Waals surface area contributed by atoms with E-state index in [9.17, 15) is 29.4 Å². The molecule has 4 atom stereocenters. The second-order valence-electron chi connectivity index (χ2n) is 8.27. The Morgan fingerprint density at radius 2 is 1.00 bits per heavy atom. The van der Waals surface area contributed by atoms with Gasteiger partial charge in [0, 0.05) is 10.8 Å². The summed E-state index contributed by atoms with van der Waals surface area (Å²) in [7, 11) is 4.43. The Bertz CT molecular complexity index is 842. The van der Waals surface area contributed by atoms with E-state index in [1.54, 1.807) is 0 Å². The van der Waals surface area contributed by atoms with E-state index < -0.39 is 58.1 Å². The zero-order valence-corrected chi connectivity index (χ0v) is 18.6. The third kappa shape index (κ3) is 2.77. The van der Waals surface area contributed by atoms with Gasteiger partial charge in [-0.15, -0.1) is 0 Å². The zero-order chi connectivity index (χ0) is 23.8. The predicted octanol–water partition coefficient (Wildman–Crippen LogP) is 1.89. The number of aliphatic hydroxyl groups excluding tert-OH is 2. The Morgan fingerprint density at radius 3 is 1.28 bits per heavy atom. The summed E-state index contributed by atoms with van der Waals surface area (Å²) in [6, 6.07) is 0. The number of carbonyl (C=O) groups is 4. The maximum absolute atomic E-state index is 13.0. The van der Waals surface area contributed by atoms with E-state index in [0.29, 0.717) is 12.8 Å². The summed E-state index contributed by atoms with van der Waals surface area (Å²) < 4.78 is 19.8. The lowest BCUT2D eigenvalue weighted by Crippen LogP contribution is -2.51. The second-order valence-corrected chi connectivity index (χ2v) is 8.27. The minimum absolute atomic E-state index is 0.110. The zero-order valence-electron chi connectivity index (χ0n) is 18.6. The molecule has 0 aliphatic heterocycles. The van der Waals surface area contributed by atoms with Crippen molar-refractivity contribution >= 4 is 23.9 Å². The lowest BCUT2D eigenvalue weighted by molar-refractivity contribution is -0.160. The minimum Gasteiger partial charge on any atom is -0.511 e. The predicted molar refractivity (Wildman–Crippen MR) is 107 cm³/mol. The number of hydrogen-bond donors (Lipinski definition) is 2. The Kier molecular flexibility index (Phi) is 6.26. The molecule has 32 heavy (non-hydrogen) atoms. The number of hydrogen-bond acceptors (Lipinski definition) is 10. The highest BCUT2D eigenvalue weighted by Crippen LogP contribution is 2.75. The summed E-state index contributed by atoms with van der Waals surface area (Å²) in [5.74, 6) is -8.06. The van der Waals surface area contributed by atoms with Crippen LogP contribution in [0.25, 0.3) is 0 Å². The average Bonchev–Trinajstić information content (AvgIpc) is 3.09. The van der Waals surface area contributed by atoms with Gasteiger partial charge in [-0.05, 0) is 12.8 Å². The van der Waals surface area contributed by atoms with E-state index >= 15 is 0 Å². The fourth-order valence-corrected chi connectivity index (χ4v) is 6.25. The molecular formula is C22H28O10.